The van der Waals surface area contributed by atoms with E-state index in [0.717, 1.165) is 51.4 Å². The fourth-order valence-electron chi connectivity index (χ4n) is 6.55. The van der Waals surface area contributed by atoms with Gasteiger partial charge in [-0.1, -0.05) is 88.8 Å². The molecule has 8 heteroatoms. The van der Waals surface area contributed by atoms with Crippen LogP contribution >= 0.6 is 23.5 Å². The lowest BCUT2D eigenvalue weighted by Gasteiger charge is -2.57. The molecule has 3 fully saturated rings. The number of imide groups is 2. The van der Waals surface area contributed by atoms with E-state index in [0.29, 0.717) is 22.9 Å². The molecule has 0 bridgehead atoms. The molecule has 2 aliphatic heterocycles. The van der Waals surface area contributed by atoms with Gasteiger partial charge >= 0.3 is 0 Å². The van der Waals surface area contributed by atoms with E-state index in [-0.39, 0.29) is 23.6 Å². The van der Waals surface area contributed by atoms with Gasteiger partial charge in [0.1, 0.15) is 9.49 Å². The zero-order valence-corrected chi connectivity index (χ0v) is 25.0. The highest BCUT2D eigenvalue weighted by Crippen LogP contribution is 2.72. The number of amides is 4. The molecule has 5 rings (SSSR count). The Morgan fingerprint density at radius 3 is 1.30 bits per heavy atom. The predicted octanol–water partition coefficient (Wildman–Crippen LogP) is 6.48. The highest BCUT2D eigenvalue weighted by Gasteiger charge is 2.90. The Kier molecular flexibility index (Phi) is 8.76. The molecule has 4 unspecified atom stereocenters. The minimum atomic E-state index is -1.30. The highest BCUT2D eigenvalue weighted by molar-refractivity contribution is 8.06. The second-order valence-electron chi connectivity index (χ2n) is 10.9. The minimum absolute atomic E-state index is 0.345. The minimum Gasteiger partial charge on any atom is -0.274 e. The number of anilines is 2. The smallest absolute Gasteiger partial charge is 0.252 e. The summed E-state index contributed by atoms with van der Waals surface area (Å²) in [5, 5.41) is 0. The number of benzene rings is 2. The average molecular weight is 579 g/mol. The molecule has 0 N–H and O–H groups in total. The van der Waals surface area contributed by atoms with E-state index in [4.69, 9.17) is 0 Å². The first-order valence-corrected chi connectivity index (χ1v) is 16.6. The van der Waals surface area contributed by atoms with E-state index in [2.05, 4.69) is 13.8 Å². The van der Waals surface area contributed by atoms with E-state index in [1.165, 1.54) is 33.3 Å². The zero-order chi connectivity index (χ0) is 28.3. The van der Waals surface area contributed by atoms with Crippen molar-refractivity contribution in [3.05, 3.63) is 60.7 Å². The molecule has 2 aromatic carbocycles. The number of nitrogens with zero attached hydrogens (tertiary/aromatic N) is 2. The number of para-hydroxylation sites is 2. The monoisotopic (exact) mass is 578 g/mol. The third kappa shape index (κ3) is 4.33. The number of rotatable bonds is 14. The van der Waals surface area contributed by atoms with Gasteiger partial charge in [-0.2, -0.15) is 0 Å². The third-order valence-electron chi connectivity index (χ3n) is 8.46. The van der Waals surface area contributed by atoms with Crippen LogP contribution in [0, 0.1) is 11.8 Å². The van der Waals surface area contributed by atoms with Crippen molar-refractivity contribution in [1.82, 2.24) is 0 Å². The summed E-state index contributed by atoms with van der Waals surface area (Å²) in [5.41, 5.74) is 0.998. The van der Waals surface area contributed by atoms with Crippen molar-refractivity contribution in [2.45, 2.75) is 74.7 Å². The van der Waals surface area contributed by atoms with Crippen LogP contribution in [0.2, 0.25) is 0 Å². The van der Waals surface area contributed by atoms with Crippen LogP contribution in [-0.4, -0.2) is 44.6 Å². The van der Waals surface area contributed by atoms with E-state index in [1.54, 1.807) is 48.5 Å². The summed E-state index contributed by atoms with van der Waals surface area (Å²) in [7, 11) is 0. The maximum absolute atomic E-state index is 14.6. The molecule has 0 spiro atoms. The van der Waals surface area contributed by atoms with Crippen LogP contribution in [0.1, 0.15) is 65.2 Å². The summed E-state index contributed by atoms with van der Waals surface area (Å²) in [6, 6.07) is 17.9. The molecule has 212 valence electrons. The van der Waals surface area contributed by atoms with Crippen LogP contribution in [0.5, 0.6) is 0 Å². The molecule has 2 heterocycles. The van der Waals surface area contributed by atoms with Crippen molar-refractivity contribution in [3.63, 3.8) is 0 Å². The summed E-state index contributed by atoms with van der Waals surface area (Å²) in [6.07, 6.45) is 8.22. The predicted molar refractivity (Wildman–Crippen MR) is 164 cm³/mol. The first kappa shape index (κ1) is 28.9. The molecular weight excluding hydrogens is 540 g/mol. The van der Waals surface area contributed by atoms with E-state index >= 15 is 0 Å². The molecule has 40 heavy (non-hydrogen) atoms. The van der Waals surface area contributed by atoms with Crippen molar-refractivity contribution in [2.24, 2.45) is 11.8 Å². The third-order valence-corrected chi connectivity index (χ3v) is 12.0. The molecule has 0 radical (unpaired) electrons. The molecule has 4 amide bonds. The molecule has 2 aromatic rings. The lowest BCUT2D eigenvalue weighted by molar-refractivity contribution is -0.139. The summed E-state index contributed by atoms with van der Waals surface area (Å²) in [5.74, 6) is -1.80. The molecule has 6 nitrogen and oxygen atoms in total. The summed E-state index contributed by atoms with van der Waals surface area (Å²) in [6.45, 7) is 4.31. The normalized spacial score (nSPS) is 27.2. The second kappa shape index (κ2) is 12.1. The van der Waals surface area contributed by atoms with Gasteiger partial charge in [0.15, 0.2) is 0 Å². The van der Waals surface area contributed by atoms with Gasteiger partial charge in [-0.05, 0) is 48.6 Å². The maximum Gasteiger partial charge on any atom is 0.252 e. The Morgan fingerprint density at radius 1 is 0.575 bits per heavy atom. The SMILES string of the molecule is CCCCCCSC12C(=O)N(c3ccccc3)C(=O)C1C1C(=O)N(c3ccccc3)C(=O)C12SCCCCCC. The van der Waals surface area contributed by atoms with Crippen LogP contribution in [-0.2, 0) is 19.2 Å². The fourth-order valence-corrected chi connectivity index (χ4v) is 10.4. The highest BCUT2D eigenvalue weighted by atomic mass is 32.2. The topological polar surface area (TPSA) is 74.8 Å². The number of hydrogen-bond donors (Lipinski definition) is 0. The Bertz CT molecular complexity index is 1160. The van der Waals surface area contributed by atoms with Crippen LogP contribution in [0.25, 0.3) is 0 Å². The van der Waals surface area contributed by atoms with Crippen molar-refractivity contribution in [1.29, 1.82) is 0 Å². The largest absolute Gasteiger partial charge is 0.274 e. The Balaban J connectivity index is 1.59. The van der Waals surface area contributed by atoms with Crippen molar-refractivity contribution < 1.29 is 19.2 Å². The first-order chi connectivity index (χ1) is 19.5. The summed E-state index contributed by atoms with van der Waals surface area (Å²) < 4.78 is -2.61. The molecule has 1 aliphatic carbocycles. The number of carbonyl (C=O) groups is 4. The number of thioether (sulfide) groups is 2. The quantitative estimate of drug-likeness (QED) is 0.189. The lowest BCUT2D eigenvalue weighted by atomic mass is 9.57. The molecular formula is C32H38N2O4S2. The number of hydrogen-bond acceptors (Lipinski definition) is 6. The van der Waals surface area contributed by atoms with Crippen LogP contribution in [0.4, 0.5) is 11.4 Å². The van der Waals surface area contributed by atoms with Gasteiger partial charge < -0.3 is 0 Å². The standard InChI is InChI=1S/C32H38N2O4S2/c1-3-5-7-15-21-39-31-25(27(35)33(29(31)37)23-17-11-9-12-18-23)26-28(36)34(24-19-13-10-14-20-24)30(38)32(26,31)40-22-16-8-6-4-2/h9-14,17-20,25-26H,3-8,15-16,21-22H2,1-2H3. The maximum atomic E-state index is 14.6. The van der Waals surface area contributed by atoms with Gasteiger partial charge in [0.2, 0.25) is 11.8 Å². The number of carbonyl (C=O) groups excluding carboxylic acids is 4. The van der Waals surface area contributed by atoms with Gasteiger partial charge in [0.25, 0.3) is 11.8 Å². The summed E-state index contributed by atoms with van der Waals surface area (Å²) in [4.78, 5) is 59.9. The van der Waals surface area contributed by atoms with E-state index in [1.807, 2.05) is 12.1 Å². The Hall–Kier alpha value is -2.58. The molecule has 4 atom stereocenters. The average Bonchev–Trinajstić information content (AvgIpc) is 3.26. The van der Waals surface area contributed by atoms with Gasteiger partial charge in [0.05, 0.1) is 23.2 Å². The van der Waals surface area contributed by atoms with Crippen molar-refractivity contribution in [3.8, 4) is 0 Å². The first-order valence-electron chi connectivity index (χ1n) is 14.6. The van der Waals surface area contributed by atoms with Gasteiger partial charge in [0, 0.05) is 0 Å². The van der Waals surface area contributed by atoms with Gasteiger partial charge in [-0.15, -0.1) is 23.5 Å². The molecule has 2 saturated heterocycles. The van der Waals surface area contributed by atoms with Crippen LogP contribution in [0.15, 0.2) is 60.7 Å². The number of unbranched alkanes of at least 4 members (excludes halogenated alkanes) is 6. The van der Waals surface area contributed by atoms with Crippen molar-refractivity contribution >= 4 is 58.5 Å². The van der Waals surface area contributed by atoms with Crippen LogP contribution < -0.4 is 9.80 Å². The second-order valence-corrected chi connectivity index (χ2v) is 13.6. The lowest BCUT2D eigenvalue weighted by Crippen LogP contribution is -2.75. The molecule has 0 aromatic heterocycles. The molecule has 1 saturated carbocycles. The number of fused-ring (bicyclic) bond motifs is 4. The van der Waals surface area contributed by atoms with Gasteiger partial charge in [-0.25, -0.2) is 9.80 Å². The Morgan fingerprint density at radius 2 is 0.950 bits per heavy atom. The fraction of sp³-hybridized carbons (Fsp3) is 0.500. The molecule has 3 aliphatic rings. The Labute approximate surface area is 245 Å². The van der Waals surface area contributed by atoms with Crippen molar-refractivity contribution in [2.75, 3.05) is 21.3 Å². The van der Waals surface area contributed by atoms with Crippen LogP contribution in [0.3, 0.4) is 0 Å². The van der Waals surface area contributed by atoms with E-state index < -0.39 is 21.3 Å². The summed E-state index contributed by atoms with van der Waals surface area (Å²) >= 11 is 2.91. The zero-order valence-electron chi connectivity index (χ0n) is 23.3. The van der Waals surface area contributed by atoms with E-state index in [9.17, 15) is 19.2 Å². The van der Waals surface area contributed by atoms with Gasteiger partial charge in [-0.3, -0.25) is 19.2 Å².